The minimum atomic E-state index is -4.51. The Morgan fingerprint density at radius 2 is 1.90 bits per heavy atom. The fourth-order valence-corrected chi connectivity index (χ4v) is 2.55. The van der Waals surface area contributed by atoms with E-state index in [9.17, 15) is 13.2 Å². The van der Waals surface area contributed by atoms with Crippen molar-refractivity contribution in [2.45, 2.75) is 32.2 Å². The summed E-state index contributed by atoms with van der Waals surface area (Å²) in [5.74, 6) is 0.166. The molecule has 1 aliphatic rings. The van der Waals surface area contributed by atoms with Crippen molar-refractivity contribution < 1.29 is 17.9 Å². The molecule has 0 amide bonds. The summed E-state index contributed by atoms with van der Waals surface area (Å²) < 4.78 is 44.1. The van der Waals surface area contributed by atoms with Crippen LogP contribution in [0, 0.1) is 0 Å². The molecule has 2 unspecified atom stereocenters. The summed E-state index contributed by atoms with van der Waals surface area (Å²) in [7, 11) is 0. The first kappa shape index (κ1) is 16.0. The molecule has 0 radical (unpaired) electrons. The highest BCUT2D eigenvalue weighted by atomic mass is 32.1. The van der Waals surface area contributed by atoms with Crippen LogP contribution in [0.15, 0.2) is 12.1 Å². The summed E-state index contributed by atoms with van der Waals surface area (Å²) in [6.07, 6.45) is -4.72. The van der Waals surface area contributed by atoms with Crippen LogP contribution in [0.5, 0.6) is 0 Å². The summed E-state index contributed by atoms with van der Waals surface area (Å²) in [5, 5.41) is 0. The van der Waals surface area contributed by atoms with Crippen LogP contribution < -0.4 is 10.6 Å². The monoisotopic (exact) mass is 319 g/mol. The van der Waals surface area contributed by atoms with Gasteiger partial charge in [0.2, 0.25) is 0 Å². The van der Waals surface area contributed by atoms with Crippen LogP contribution >= 0.6 is 12.2 Å². The van der Waals surface area contributed by atoms with Crippen LogP contribution in [-0.4, -0.2) is 35.3 Å². The number of pyridine rings is 1. The highest BCUT2D eigenvalue weighted by molar-refractivity contribution is 7.80. The number of nitrogens with zero attached hydrogens (tertiary/aromatic N) is 2. The first-order valence-corrected chi connectivity index (χ1v) is 6.87. The van der Waals surface area contributed by atoms with Crippen molar-refractivity contribution in [3.63, 3.8) is 0 Å². The molecule has 2 atom stereocenters. The van der Waals surface area contributed by atoms with E-state index >= 15 is 0 Å². The fraction of sp³-hybridized carbons (Fsp3) is 0.538. The van der Waals surface area contributed by atoms with Gasteiger partial charge in [-0.2, -0.15) is 13.2 Å². The lowest BCUT2D eigenvalue weighted by Gasteiger charge is -2.37. The number of ether oxygens (including phenoxy) is 1. The van der Waals surface area contributed by atoms with Gasteiger partial charge in [0.1, 0.15) is 16.5 Å². The second-order valence-electron chi connectivity index (χ2n) is 5.09. The maximum atomic E-state index is 12.9. The average molecular weight is 319 g/mol. The van der Waals surface area contributed by atoms with Gasteiger partial charge in [-0.15, -0.1) is 0 Å². The Kier molecular flexibility index (Phi) is 4.38. The average Bonchev–Trinajstić information content (AvgIpc) is 2.35. The third kappa shape index (κ3) is 3.62. The van der Waals surface area contributed by atoms with Crippen molar-refractivity contribution in [1.82, 2.24) is 4.98 Å². The summed E-state index contributed by atoms with van der Waals surface area (Å²) in [6, 6.07) is 2.17. The van der Waals surface area contributed by atoms with Crippen molar-refractivity contribution in [3.05, 3.63) is 23.4 Å². The largest absolute Gasteiger partial charge is 0.433 e. The zero-order chi connectivity index (χ0) is 15.8. The molecule has 0 bridgehead atoms. The van der Waals surface area contributed by atoms with E-state index in [1.807, 2.05) is 13.8 Å². The first-order valence-electron chi connectivity index (χ1n) is 6.47. The van der Waals surface area contributed by atoms with E-state index in [1.54, 1.807) is 4.90 Å². The summed E-state index contributed by atoms with van der Waals surface area (Å²) >= 11 is 4.91. The lowest BCUT2D eigenvalue weighted by Crippen LogP contribution is -2.46. The van der Waals surface area contributed by atoms with E-state index in [2.05, 4.69) is 4.98 Å². The van der Waals surface area contributed by atoms with Crippen molar-refractivity contribution >= 4 is 23.0 Å². The molecule has 1 saturated heterocycles. The van der Waals surface area contributed by atoms with E-state index in [-0.39, 0.29) is 23.0 Å². The third-order valence-corrected chi connectivity index (χ3v) is 3.37. The van der Waals surface area contributed by atoms with E-state index in [4.69, 9.17) is 22.7 Å². The van der Waals surface area contributed by atoms with Gasteiger partial charge in [-0.1, -0.05) is 12.2 Å². The first-order chi connectivity index (χ1) is 9.68. The number of morpholine rings is 1. The summed E-state index contributed by atoms with van der Waals surface area (Å²) in [6.45, 7) is 4.59. The van der Waals surface area contributed by atoms with E-state index in [0.717, 1.165) is 6.07 Å². The van der Waals surface area contributed by atoms with E-state index < -0.39 is 11.9 Å². The Balaban J connectivity index is 2.45. The number of aromatic nitrogens is 1. The van der Waals surface area contributed by atoms with E-state index in [0.29, 0.717) is 18.7 Å². The number of halogens is 3. The molecule has 1 fully saturated rings. The Morgan fingerprint density at radius 3 is 2.38 bits per heavy atom. The fourth-order valence-electron chi connectivity index (χ4n) is 2.39. The maximum absolute atomic E-state index is 12.9. The maximum Gasteiger partial charge on any atom is 0.433 e. The Morgan fingerprint density at radius 1 is 1.33 bits per heavy atom. The number of hydrogen-bond acceptors (Lipinski definition) is 4. The van der Waals surface area contributed by atoms with Crippen LogP contribution in [0.2, 0.25) is 0 Å². The molecular formula is C13H16F3N3OS. The predicted octanol–water partition coefficient (Wildman–Crippen LogP) is 2.35. The minimum absolute atomic E-state index is 0.0259. The molecule has 2 heterocycles. The van der Waals surface area contributed by atoms with Gasteiger partial charge in [-0.05, 0) is 26.0 Å². The van der Waals surface area contributed by atoms with Gasteiger partial charge >= 0.3 is 6.18 Å². The molecule has 1 aliphatic heterocycles. The summed E-state index contributed by atoms with van der Waals surface area (Å²) in [4.78, 5) is 5.50. The minimum Gasteiger partial charge on any atom is -0.389 e. The lowest BCUT2D eigenvalue weighted by molar-refractivity contribution is -0.141. The number of nitrogens with two attached hydrogens (primary N) is 1. The van der Waals surface area contributed by atoms with Gasteiger partial charge in [0.15, 0.2) is 0 Å². The molecule has 116 valence electrons. The molecule has 2 rings (SSSR count). The van der Waals surface area contributed by atoms with Crippen molar-refractivity contribution in [1.29, 1.82) is 0 Å². The Hall–Kier alpha value is -1.41. The lowest BCUT2D eigenvalue weighted by atomic mass is 10.1. The van der Waals surface area contributed by atoms with Crippen molar-refractivity contribution in [3.8, 4) is 0 Å². The van der Waals surface area contributed by atoms with Crippen LogP contribution in [0.25, 0.3) is 0 Å². The van der Waals surface area contributed by atoms with Crippen LogP contribution in [0.3, 0.4) is 0 Å². The molecule has 0 aliphatic carbocycles. The highest BCUT2D eigenvalue weighted by Gasteiger charge is 2.34. The standard InChI is InChI=1S/C13H16F3N3OS/c1-7-5-19(6-8(2)20-7)12-9(11(17)21)3-4-10(18-12)13(14,15)16/h3-4,7-8H,5-6H2,1-2H3,(H2,17,21). The Bertz CT molecular complexity index is 540. The zero-order valence-corrected chi connectivity index (χ0v) is 12.5. The van der Waals surface area contributed by atoms with Gasteiger partial charge in [-0.3, -0.25) is 0 Å². The van der Waals surface area contributed by atoms with Crippen LogP contribution in [0.1, 0.15) is 25.1 Å². The quantitative estimate of drug-likeness (QED) is 0.848. The normalized spacial score (nSPS) is 23.2. The topological polar surface area (TPSA) is 51.4 Å². The van der Waals surface area contributed by atoms with Gasteiger partial charge in [0.25, 0.3) is 0 Å². The number of rotatable bonds is 2. The van der Waals surface area contributed by atoms with Crippen LogP contribution in [0.4, 0.5) is 19.0 Å². The molecule has 1 aromatic heterocycles. The smallest absolute Gasteiger partial charge is 0.389 e. The summed E-state index contributed by atoms with van der Waals surface area (Å²) in [5.41, 5.74) is 4.99. The van der Waals surface area contributed by atoms with Gasteiger partial charge in [-0.25, -0.2) is 4.98 Å². The number of hydrogen-bond donors (Lipinski definition) is 1. The second kappa shape index (κ2) is 5.76. The second-order valence-corrected chi connectivity index (χ2v) is 5.53. The number of anilines is 1. The van der Waals surface area contributed by atoms with E-state index in [1.165, 1.54) is 6.07 Å². The molecule has 4 nitrogen and oxygen atoms in total. The molecular weight excluding hydrogens is 303 g/mol. The molecule has 2 N–H and O–H groups in total. The van der Waals surface area contributed by atoms with Gasteiger partial charge in [0, 0.05) is 13.1 Å². The molecule has 0 aromatic carbocycles. The van der Waals surface area contributed by atoms with Crippen molar-refractivity contribution in [2.24, 2.45) is 5.73 Å². The van der Waals surface area contributed by atoms with Gasteiger partial charge in [0.05, 0.1) is 17.8 Å². The SMILES string of the molecule is CC1CN(c2nc(C(F)(F)F)ccc2C(N)=S)CC(C)O1. The third-order valence-electron chi connectivity index (χ3n) is 3.15. The molecule has 8 heteroatoms. The number of thiocarbonyl (C=S) groups is 1. The highest BCUT2D eigenvalue weighted by Crippen LogP contribution is 2.31. The predicted molar refractivity (Wildman–Crippen MR) is 77.3 cm³/mol. The van der Waals surface area contributed by atoms with Gasteiger partial charge < -0.3 is 15.4 Å². The zero-order valence-electron chi connectivity index (χ0n) is 11.6. The van der Waals surface area contributed by atoms with Crippen molar-refractivity contribution in [2.75, 3.05) is 18.0 Å². The molecule has 21 heavy (non-hydrogen) atoms. The Labute approximate surface area is 126 Å². The number of alkyl halides is 3. The van der Waals surface area contributed by atoms with Crippen LogP contribution in [-0.2, 0) is 10.9 Å². The molecule has 0 saturated carbocycles. The molecule has 0 spiro atoms. The molecule has 1 aromatic rings.